The molecular formula is C18H18N4O3. The highest BCUT2D eigenvalue weighted by Crippen LogP contribution is 2.24. The van der Waals surface area contributed by atoms with Gasteiger partial charge in [-0.2, -0.15) is 4.98 Å². The lowest BCUT2D eigenvalue weighted by molar-refractivity contribution is 0.566. The van der Waals surface area contributed by atoms with Crippen LogP contribution >= 0.6 is 0 Å². The summed E-state index contributed by atoms with van der Waals surface area (Å²) in [4.78, 5) is 29.7. The van der Waals surface area contributed by atoms with Crippen molar-refractivity contribution in [1.29, 1.82) is 0 Å². The maximum Gasteiger partial charge on any atom is 0.332 e. The smallest absolute Gasteiger partial charge is 0.332 e. The monoisotopic (exact) mass is 338 g/mol. The van der Waals surface area contributed by atoms with Gasteiger partial charge in [-0.05, 0) is 6.42 Å². The number of nitrogens with zero attached hydrogens (tertiary/aromatic N) is 4. The highest BCUT2D eigenvalue weighted by atomic mass is 16.4. The second kappa shape index (κ2) is 5.77. The van der Waals surface area contributed by atoms with Crippen LogP contribution < -0.4 is 11.2 Å². The number of aryl methyl sites for hydroxylation is 1. The quantitative estimate of drug-likeness (QED) is 0.573. The fourth-order valence-electron chi connectivity index (χ4n) is 3.00. The van der Waals surface area contributed by atoms with Gasteiger partial charge in [0.1, 0.15) is 0 Å². The minimum atomic E-state index is -0.352. The number of imidazole rings is 1. The van der Waals surface area contributed by atoms with Crippen LogP contribution in [0.15, 0.2) is 50.5 Å². The summed E-state index contributed by atoms with van der Waals surface area (Å²) in [6.07, 6.45) is 3.42. The highest BCUT2D eigenvalue weighted by molar-refractivity contribution is 5.76. The molecule has 3 aromatic heterocycles. The molecule has 128 valence electrons. The molecule has 0 unspecified atom stereocenters. The molecule has 0 fully saturated rings. The summed E-state index contributed by atoms with van der Waals surface area (Å²) < 4.78 is 10.1. The fourth-order valence-corrected chi connectivity index (χ4v) is 3.00. The maximum atomic E-state index is 12.9. The van der Waals surface area contributed by atoms with Crippen molar-refractivity contribution in [3.63, 3.8) is 0 Å². The number of unbranched alkanes of at least 4 members (excludes halogenated alkanes) is 1. The van der Waals surface area contributed by atoms with Crippen LogP contribution in [-0.2, 0) is 13.6 Å². The van der Waals surface area contributed by atoms with Crippen molar-refractivity contribution in [2.45, 2.75) is 26.3 Å². The summed E-state index contributed by atoms with van der Waals surface area (Å²) in [7, 11) is 1.62. The van der Waals surface area contributed by atoms with Crippen LogP contribution in [0.3, 0.4) is 0 Å². The number of aromatic nitrogens is 4. The highest BCUT2D eigenvalue weighted by Gasteiger charge is 2.19. The van der Waals surface area contributed by atoms with Gasteiger partial charge in [0, 0.05) is 19.2 Å². The summed E-state index contributed by atoms with van der Waals surface area (Å²) in [5, 5.41) is 0. The van der Waals surface area contributed by atoms with E-state index in [1.54, 1.807) is 17.6 Å². The normalized spacial score (nSPS) is 11.6. The van der Waals surface area contributed by atoms with E-state index in [0.29, 0.717) is 29.3 Å². The van der Waals surface area contributed by atoms with Crippen LogP contribution in [0.1, 0.15) is 19.8 Å². The van der Waals surface area contributed by atoms with E-state index in [1.807, 2.05) is 37.3 Å². The van der Waals surface area contributed by atoms with Gasteiger partial charge in [-0.25, -0.2) is 4.79 Å². The van der Waals surface area contributed by atoms with E-state index in [9.17, 15) is 9.59 Å². The molecule has 7 heteroatoms. The number of oxazole rings is 1. The Bertz CT molecular complexity index is 1180. The molecule has 4 aromatic rings. The van der Waals surface area contributed by atoms with Crippen LogP contribution in [-0.4, -0.2) is 18.5 Å². The van der Waals surface area contributed by atoms with Crippen LogP contribution in [0, 0.1) is 0 Å². The van der Waals surface area contributed by atoms with Gasteiger partial charge in [-0.3, -0.25) is 18.3 Å². The van der Waals surface area contributed by atoms with E-state index < -0.39 is 0 Å². The van der Waals surface area contributed by atoms with Crippen LogP contribution in [0.4, 0.5) is 0 Å². The topological polar surface area (TPSA) is 74.4 Å². The average Bonchev–Trinajstić information content (AvgIpc) is 3.18. The standard InChI is InChI=1S/C18H18N4O3/c1-3-4-10-21-16(23)14-15(20(2)18(21)24)19-17-22(14)11-13(25-17)12-8-6-5-7-9-12/h5-9,11H,3-4,10H2,1-2H3. The molecule has 0 radical (unpaired) electrons. The molecule has 0 bridgehead atoms. The number of rotatable bonds is 4. The molecule has 0 saturated carbocycles. The van der Waals surface area contributed by atoms with E-state index in [0.717, 1.165) is 18.4 Å². The minimum Gasteiger partial charge on any atom is -0.423 e. The van der Waals surface area contributed by atoms with Crippen molar-refractivity contribution < 1.29 is 4.42 Å². The van der Waals surface area contributed by atoms with Gasteiger partial charge in [-0.15, -0.1) is 0 Å². The Kier molecular flexibility index (Phi) is 3.56. The molecule has 0 aliphatic carbocycles. The first-order valence-corrected chi connectivity index (χ1v) is 8.28. The summed E-state index contributed by atoms with van der Waals surface area (Å²) in [6.45, 7) is 2.42. The Labute approximate surface area is 142 Å². The number of hydrogen-bond donors (Lipinski definition) is 0. The third-order valence-corrected chi connectivity index (χ3v) is 4.38. The Morgan fingerprint density at radius 1 is 1.16 bits per heavy atom. The van der Waals surface area contributed by atoms with Crippen molar-refractivity contribution in [2.75, 3.05) is 0 Å². The zero-order valence-electron chi connectivity index (χ0n) is 14.1. The molecule has 0 atom stereocenters. The van der Waals surface area contributed by atoms with Gasteiger partial charge in [0.15, 0.2) is 16.9 Å². The van der Waals surface area contributed by atoms with E-state index in [1.165, 1.54) is 9.13 Å². The lowest BCUT2D eigenvalue weighted by Gasteiger charge is -2.06. The molecule has 0 aliphatic heterocycles. The molecule has 0 N–H and O–H groups in total. The Morgan fingerprint density at radius 2 is 1.92 bits per heavy atom. The Hall–Kier alpha value is -3.09. The Morgan fingerprint density at radius 3 is 2.64 bits per heavy atom. The van der Waals surface area contributed by atoms with Gasteiger partial charge in [-0.1, -0.05) is 43.7 Å². The molecule has 7 nitrogen and oxygen atoms in total. The van der Waals surface area contributed by atoms with Crippen LogP contribution in [0.2, 0.25) is 0 Å². The van der Waals surface area contributed by atoms with Crippen LogP contribution in [0.25, 0.3) is 28.3 Å². The summed E-state index contributed by atoms with van der Waals surface area (Å²) in [5.74, 6) is 0.924. The lowest BCUT2D eigenvalue weighted by atomic mass is 10.2. The van der Waals surface area contributed by atoms with Gasteiger partial charge < -0.3 is 4.42 Å². The Balaban J connectivity index is 2.01. The second-order valence-corrected chi connectivity index (χ2v) is 6.05. The first-order valence-electron chi connectivity index (χ1n) is 8.28. The van der Waals surface area contributed by atoms with Crippen molar-refractivity contribution in [1.82, 2.24) is 18.5 Å². The van der Waals surface area contributed by atoms with Gasteiger partial charge >= 0.3 is 11.5 Å². The van der Waals surface area contributed by atoms with Gasteiger partial charge in [0.25, 0.3) is 5.56 Å². The lowest BCUT2D eigenvalue weighted by Crippen LogP contribution is -2.39. The predicted octanol–water partition coefficient (Wildman–Crippen LogP) is 2.41. The predicted molar refractivity (Wildman–Crippen MR) is 94.8 cm³/mol. The van der Waals surface area contributed by atoms with Gasteiger partial charge in [0.05, 0.1) is 6.20 Å². The molecule has 1 aromatic carbocycles. The third kappa shape index (κ3) is 2.31. The summed E-state index contributed by atoms with van der Waals surface area (Å²) >= 11 is 0. The van der Waals surface area contributed by atoms with E-state index in [-0.39, 0.29) is 11.2 Å². The summed E-state index contributed by atoms with van der Waals surface area (Å²) in [5.41, 5.74) is 0.909. The third-order valence-electron chi connectivity index (χ3n) is 4.38. The molecule has 0 aliphatic rings. The van der Waals surface area contributed by atoms with Crippen molar-refractivity contribution in [3.05, 3.63) is 57.4 Å². The minimum absolute atomic E-state index is 0.300. The first kappa shape index (κ1) is 15.4. The molecule has 3 heterocycles. The second-order valence-electron chi connectivity index (χ2n) is 6.05. The first-order chi connectivity index (χ1) is 12.1. The zero-order chi connectivity index (χ0) is 17.6. The number of fused-ring (bicyclic) bond motifs is 3. The summed E-state index contributed by atoms with van der Waals surface area (Å²) in [6, 6.07) is 9.61. The number of benzene rings is 1. The zero-order valence-corrected chi connectivity index (χ0v) is 14.1. The van der Waals surface area contributed by atoms with E-state index in [2.05, 4.69) is 4.98 Å². The molecule has 4 rings (SSSR count). The molecule has 0 spiro atoms. The van der Waals surface area contributed by atoms with Crippen molar-refractivity contribution >= 4 is 17.0 Å². The van der Waals surface area contributed by atoms with E-state index in [4.69, 9.17) is 4.42 Å². The molecule has 0 amide bonds. The fraction of sp³-hybridized carbons (Fsp3) is 0.278. The van der Waals surface area contributed by atoms with Crippen LogP contribution in [0.5, 0.6) is 0 Å². The van der Waals surface area contributed by atoms with Gasteiger partial charge in [0.2, 0.25) is 0 Å². The van der Waals surface area contributed by atoms with Crippen molar-refractivity contribution in [3.8, 4) is 11.3 Å². The van der Waals surface area contributed by atoms with E-state index >= 15 is 0 Å². The molecule has 25 heavy (non-hydrogen) atoms. The van der Waals surface area contributed by atoms with Crippen molar-refractivity contribution in [2.24, 2.45) is 7.05 Å². The maximum absolute atomic E-state index is 12.9. The largest absolute Gasteiger partial charge is 0.423 e. The molecule has 0 saturated heterocycles. The average molecular weight is 338 g/mol. The SMILES string of the molecule is CCCCn1c(=O)c2c(nc3oc(-c4ccccc4)cn32)n(C)c1=O. The number of hydrogen-bond acceptors (Lipinski definition) is 4. The molecular weight excluding hydrogens is 320 g/mol.